The molecule has 0 aromatic heterocycles. The van der Waals surface area contributed by atoms with Crippen LogP contribution in [0.15, 0.2) is 114 Å². The topological polar surface area (TPSA) is 35.5 Å². The predicted octanol–water partition coefficient (Wildman–Crippen LogP) is 7.40. The SMILES string of the molecule is CCOC(=O)COc1ccc(C(=C(c2ccccc2)c2ccc(Br)cc2)c2ccccc2)cc1. The maximum Gasteiger partial charge on any atom is 0.344 e. The van der Waals surface area contributed by atoms with Crippen molar-refractivity contribution in [3.63, 3.8) is 0 Å². The molecule has 4 heteroatoms. The summed E-state index contributed by atoms with van der Waals surface area (Å²) >= 11 is 3.56. The fraction of sp³-hybridized carbons (Fsp3) is 0.100. The summed E-state index contributed by atoms with van der Waals surface area (Å²) in [5, 5.41) is 0. The van der Waals surface area contributed by atoms with Gasteiger partial charge in [0, 0.05) is 4.47 Å². The Morgan fingerprint density at radius 1 is 0.647 bits per heavy atom. The summed E-state index contributed by atoms with van der Waals surface area (Å²) in [6.45, 7) is 2.01. The molecule has 0 radical (unpaired) electrons. The van der Waals surface area contributed by atoms with Crippen LogP contribution in [0, 0.1) is 0 Å². The van der Waals surface area contributed by atoms with Gasteiger partial charge in [0.15, 0.2) is 6.61 Å². The summed E-state index contributed by atoms with van der Waals surface area (Å²) in [7, 11) is 0. The van der Waals surface area contributed by atoms with E-state index in [1.54, 1.807) is 6.92 Å². The zero-order valence-corrected chi connectivity index (χ0v) is 20.5. The molecule has 4 aromatic carbocycles. The Morgan fingerprint density at radius 3 is 1.56 bits per heavy atom. The first kappa shape index (κ1) is 23.5. The number of hydrogen-bond acceptors (Lipinski definition) is 3. The second-order valence-electron chi connectivity index (χ2n) is 7.61. The molecule has 0 heterocycles. The fourth-order valence-electron chi connectivity index (χ4n) is 3.80. The highest BCUT2D eigenvalue weighted by Gasteiger charge is 2.16. The molecule has 3 nitrogen and oxygen atoms in total. The van der Waals surface area contributed by atoms with Crippen molar-refractivity contribution in [3.05, 3.63) is 136 Å². The van der Waals surface area contributed by atoms with E-state index in [1.807, 2.05) is 36.4 Å². The number of carbonyl (C=O) groups is 1. The van der Waals surface area contributed by atoms with E-state index < -0.39 is 0 Å². The monoisotopic (exact) mass is 512 g/mol. The summed E-state index contributed by atoms with van der Waals surface area (Å²) in [5.74, 6) is 0.243. The molecule has 0 spiro atoms. The molecular weight excluding hydrogens is 488 g/mol. The molecule has 0 bridgehead atoms. The molecule has 0 amide bonds. The lowest BCUT2D eigenvalue weighted by Crippen LogP contribution is -2.14. The molecular formula is C30H25BrO3. The minimum Gasteiger partial charge on any atom is -0.482 e. The molecule has 0 atom stereocenters. The van der Waals surface area contributed by atoms with E-state index in [0.717, 1.165) is 37.9 Å². The first-order valence-electron chi connectivity index (χ1n) is 11.2. The molecule has 0 aliphatic heterocycles. The van der Waals surface area contributed by atoms with Crippen LogP contribution < -0.4 is 4.74 Å². The summed E-state index contributed by atoms with van der Waals surface area (Å²) in [6.07, 6.45) is 0. The Labute approximate surface area is 208 Å². The van der Waals surface area contributed by atoms with Gasteiger partial charge in [0.25, 0.3) is 0 Å². The Morgan fingerprint density at radius 2 is 1.09 bits per heavy atom. The first-order chi connectivity index (χ1) is 16.7. The summed E-state index contributed by atoms with van der Waals surface area (Å²) in [6, 6.07) is 37.0. The standard InChI is InChI=1S/C30H25BrO3/c1-2-33-28(32)21-34-27-19-15-25(16-20-27)30(23-11-7-4-8-12-23)29(22-9-5-3-6-10-22)24-13-17-26(31)18-14-24/h3-20H,2,21H2,1H3. The van der Waals surface area contributed by atoms with Crippen molar-refractivity contribution in [2.75, 3.05) is 13.2 Å². The highest BCUT2D eigenvalue weighted by molar-refractivity contribution is 9.10. The van der Waals surface area contributed by atoms with E-state index in [-0.39, 0.29) is 12.6 Å². The van der Waals surface area contributed by atoms with Gasteiger partial charge in [-0.3, -0.25) is 0 Å². The van der Waals surface area contributed by atoms with Crippen LogP contribution >= 0.6 is 15.9 Å². The quantitative estimate of drug-likeness (QED) is 0.182. The van der Waals surface area contributed by atoms with Gasteiger partial charge in [-0.25, -0.2) is 4.79 Å². The van der Waals surface area contributed by atoms with E-state index >= 15 is 0 Å². The van der Waals surface area contributed by atoms with Crippen LogP contribution in [0.3, 0.4) is 0 Å². The first-order valence-corrected chi connectivity index (χ1v) is 11.9. The number of halogens is 1. The minimum absolute atomic E-state index is 0.108. The van der Waals surface area contributed by atoms with Crippen molar-refractivity contribution in [3.8, 4) is 5.75 Å². The zero-order chi connectivity index (χ0) is 23.8. The van der Waals surface area contributed by atoms with Gasteiger partial charge in [-0.1, -0.05) is 101 Å². The van der Waals surface area contributed by atoms with Gasteiger partial charge >= 0.3 is 5.97 Å². The lowest BCUT2D eigenvalue weighted by molar-refractivity contribution is -0.145. The zero-order valence-electron chi connectivity index (χ0n) is 18.9. The number of rotatable bonds is 8. The van der Waals surface area contributed by atoms with Crippen LogP contribution in [0.25, 0.3) is 11.1 Å². The third-order valence-electron chi connectivity index (χ3n) is 5.31. The highest BCUT2D eigenvalue weighted by atomic mass is 79.9. The summed E-state index contributed by atoms with van der Waals surface area (Å²) in [5.41, 5.74) is 6.67. The minimum atomic E-state index is -0.377. The highest BCUT2D eigenvalue weighted by Crippen LogP contribution is 2.37. The Hall–Kier alpha value is -3.63. The van der Waals surface area contributed by atoms with Gasteiger partial charge in [0.2, 0.25) is 0 Å². The normalized spacial score (nSPS) is 11.5. The van der Waals surface area contributed by atoms with Gasteiger partial charge in [0.05, 0.1) is 6.61 Å². The van der Waals surface area contributed by atoms with E-state index in [0.29, 0.717) is 12.4 Å². The molecule has 0 aliphatic carbocycles. The van der Waals surface area contributed by atoms with Gasteiger partial charge in [0.1, 0.15) is 5.75 Å². The van der Waals surface area contributed by atoms with Crippen LogP contribution in [0.5, 0.6) is 5.75 Å². The lowest BCUT2D eigenvalue weighted by atomic mass is 9.86. The van der Waals surface area contributed by atoms with Crippen LogP contribution in [-0.2, 0) is 9.53 Å². The van der Waals surface area contributed by atoms with Gasteiger partial charge in [-0.05, 0) is 64.6 Å². The average molecular weight is 513 g/mol. The molecule has 0 aliphatic rings. The number of hydrogen-bond donors (Lipinski definition) is 0. The van der Waals surface area contributed by atoms with Crippen LogP contribution in [0.4, 0.5) is 0 Å². The average Bonchev–Trinajstić information content (AvgIpc) is 2.88. The van der Waals surface area contributed by atoms with Gasteiger partial charge in [-0.15, -0.1) is 0 Å². The molecule has 0 N–H and O–H groups in total. The molecule has 0 unspecified atom stereocenters. The van der Waals surface area contributed by atoms with Crippen molar-refractivity contribution in [1.29, 1.82) is 0 Å². The second-order valence-corrected chi connectivity index (χ2v) is 8.52. The van der Waals surface area contributed by atoms with E-state index in [9.17, 15) is 4.79 Å². The molecule has 34 heavy (non-hydrogen) atoms. The van der Waals surface area contributed by atoms with E-state index in [2.05, 4.69) is 88.7 Å². The number of ether oxygens (including phenoxy) is 2. The van der Waals surface area contributed by atoms with E-state index in [4.69, 9.17) is 9.47 Å². The summed E-state index contributed by atoms with van der Waals surface area (Å²) in [4.78, 5) is 11.6. The largest absolute Gasteiger partial charge is 0.482 e. The lowest BCUT2D eigenvalue weighted by Gasteiger charge is -2.18. The Bertz CT molecular complexity index is 1250. The molecule has 4 aromatic rings. The summed E-state index contributed by atoms with van der Waals surface area (Å²) < 4.78 is 11.6. The van der Waals surface area contributed by atoms with Crippen LogP contribution in [-0.4, -0.2) is 19.2 Å². The Kier molecular flexibility index (Phi) is 7.95. The second kappa shape index (κ2) is 11.5. The third kappa shape index (κ3) is 5.83. The third-order valence-corrected chi connectivity index (χ3v) is 5.84. The van der Waals surface area contributed by atoms with Gasteiger partial charge < -0.3 is 9.47 Å². The van der Waals surface area contributed by atoms with Gasteiger partial charge in [-0.2, -0.15) is 0 Å². The van der Waals surface area contributed by atoms with Crippen molar-refractivity contribution in [2.24, 2.45) is 0 Å². The van der Waals surface area contributed by atoms with Crippen molar-refractivity contribution in [1.82, 2.24) is 0 Å². The molecule has 170 valence electrons. The number of benzene rings is 4. The maximum atomic E-state index is 11.6. The number of esters is 1. The number of carbonyl (C=O) groups excluding carboxylic acids is 1. The van der Waals surface area contributed by atoms with Crippen LogP contribution in [0.1, 0.15) is 29.2 Å². The van der Waals surface area contributed by atoms with E-state index in [1.165, 1.54) is 0 Å². The molecule has 0 saturated carbocycles. The maximum absolute atomic E-state index is 11.6. The Balaban J connectivity index is 1.84. The molecule has 0 saturated heterocycles. The van der Waals surface area contributed by atoms with Crippen molar-refractivity contribution < 1.29 is 14.3 Å². The van der Waals surface area contributed by atoms with Crippen LogP contribution in [0.2, 0.25) is 0 Å². The smallest absolute Gasteiger partial charge is 0.344 e. The van der Waals surface area contributed by atoms with Crippen molar-refractivity contribution in [2.45, 2.75) is 6.92 Å². The molecule has 0 fully saturated rings. The van der Waals surface area contributed by atoms with Crippen molar-refractivity contribution >= 4 is 33.0 Å². The predicted molar refractivity (Wildman–Crippen MR) is 141 cm³/mol. The fourth-order valence-corrected chi connectivity index (χ4v) is 4.06. The molecule has 4 rings (SSSR count).